The van der Waals surface area contributed by atoms with E-state index in [1.807, 2.05) is 44.1 Å². The average molecular weight is 328 g/mol. The van der Waals surface area contributed by atoms with Crippen LogP contribution in [0.2, 0.25) is 0 Å². The fourth-order valence-corrected chi connectivity index (χ4v) is 2.02. The van der Waals surface area contributed by atoms with Crippen molar-refractivity contribution < 1.29 is 4.79 Å². The first-order chi connectivity index (χ1) is 9.02. The number of nitrogens with zero attached hydrogens (tertiary/aromatic N) is 1. The number of halogens is 1. The lowest BCUT2D eigenvalue weighted by molar-refractivity contribution is -0.117. The molecule has 0 heterocycles. The molecular formula is C14H22BrN3O. The molecule has 0 aromatic heterocycles. The molecule has 0 fully saturated rings. The smallest absolute Gasteiger partial charge is 0.238 e. The van der Waals surface area contributed by atoms with E-state index in [-0.39, 0.29) is 5.91 Å². The predicted molar refractivity (Wildman–Crippen MR) is 83.5 cm³/mol. The number of hydrogen-bond acceptors (Lipinski definition) is 3. The highest BCUT2D eigenvalue weighted by atomic mass is 79.9. The SMILES string of the molecule is CNCCCN(C)CC(=O)Nc1ccc(Br)c(C)c1. The van der Waals surface area contributed by atoms with Crippen LogP contribution in [-0.2, 0) is 4.79 Å². The van der Waals surface area contributed by atoms with Crippen molar-refractivity contribution in [3.8, 4) is 0 Å². The molecular weight excluding hydrogens is 306 g/mol. The quantitative estimate of drug-likeness (QED) is 0.755. The van der Waals surface area contributed by atoms with Gasteiger partial charge in [0.1, 0.15) is 0 Å². The van der Waals surface area contributed by atoms with Gasteiger partial charge in [-0.3, -0.25) is 9.69 Å². The zero-order valence-electron chi connectivity index (χ0n) is 11.8. The second-order valence-electron chi connectivity index (χ2n) is 4.71. The van der Waals surface area contributed by atoms with Crippen LogP contribution in [0.5, 0.6) is 0 Å². The summed E-state index contributed by atoms with van der Waals surface area (Å²) in [4.78, 5) is 13.9. The number of benzene rings is 1. The molecule has 0 saturated heterocycles. The van der Waals surface area contributed by atoms with Crippen molar-refractivity contribution in [3.05, 3.63) is 28.2 Å². The molecule has 0 aliphatic rings. The van der Waals surface area contributed by atoms with Crippen LogP contribution < -0.4 is 10.6 Å². The van der Waals surface area contributed by atoms with Gasteiger partial charge in [0, 0.05) is 10.2 Å². The third-order valence-corrected chi connectivity index (χ3v) is 3.71. The molecule has 0 aliphatic heterocycles. The average Bonchev–Trinajstić information content (AvgIpc) is 2.34. The third kappa shape index (κ3) is 6.18. The number of carbonyl (C=O) groups is 1. The number of aryl methyl sites for hydroxylation is 1. The molecule has 1 amide bonds. The van der Waals surface area contributed by atoms with E-state index in [4.69, 9.17) is 0 Å². The molecule has 5 heteroatoms. The van der Waals surface area contributed by atoms with E-state index in [1.165, 1.54) is 0 Å². The Morgan fingerprint density at radius 1 is 1.42 bits per heavy atom. The lowest BCUT2D eigenvalue weighted by atomic mass is 10.2. The highest BCUT2D eigenvalue weighted by Crippen LogP contribution is 2.19. The zero-order chi connectivity index (χ0) is 14.3. The van der Waals surface area contributed by atoms with Crippen molar-refractivity contribution >= 4 is 27.5 Å². The van der Waals surface area contributed by atoms with E-state index in [0.29, 0.717) is 6.54 Å². The monoisotopic (exact) mass is 327 g/mol. The van der Waals surface area contributed by atoms with E-state index in [0.717, 1.165) is 35.2 Å². The molecule has 0 radical (unpaired) electrons. The molecule has 2 N–H and O–H groups in total. The number of likely N-dealkylation sites (N-methyl/N-ethyl adjacent to an activating group) is 1. The van der Waals surface area contributed by atoms with E-state index in [9.17, 15) is 4.79 Å². The Labute approximate surface area is 123 Å². The molecule has 4 nitrogen and oxygen atoms in total. The topological polar surface area (TPSA) is 44.4 Å². The molecule has 1 aromatic carbocycles. The van der Waals surface area contributed by atoms with E-state index in [1.54, 1.807) is 0 Å². The van der Waals surface area contributed by atoms with Gasteiger partial charge in [-0.15, -0.1) is 0 Å². The fraction of sp³-hybridized carbons (Fsp3) is 0.500. The Morgan fingerprint density at radius 3 is 2.79 bits per heavy atom. The molecule has 0 unspecified atom stereocenters. The summed E-state index contributed by atoms with van der Waals surface area (Å²) >= 11 is 3.44. The number of anilines is 1. The van der Waals surface area contributed by atoms with Gasteiger partial charge >= 0.3 is 0 Å². The van der Waals surface area contributed by atoms with Gasteiger partial charge in [0.25, 0.3) is 0 Å². The summed E-state index contributed by atoms with van der Waals surface area (Å²) in [6.45, 7) is 4.30. The van der Waals surface area contributed by atoms with E-state index >= 15 is 0 Å². The maximum absolute atomic E-state index is 11.9. The molecule has 0 saturated carbocycles. The first-order valence-corrected chi connectivity index (χ1v) is 7.21. The van der Waals surface area contributed by atoms with Gasteiger partial charge in [-0.05, 0) is 64.3 Å². The molecule has 0 aliphatic carbocycles. The molecule has 1 rings (SSSR count). The normalized spacial score (nSPS) is 10.8. The Morgan fingerprint density at radius 2 is 2.16 bits per heavy atom. The molecule has 0 bridgehead atoms. The maximum Gasteiger partial charge on any atom is 0.238 e. The lowest BCUT2D eigenvalue weighted by Crippen LogP contribution is -2.31. The van der Waals surface area contributed by atoms with Crippen molar-refractivity contribution in [2.75, 3.05) is 39.0 Å². The third-order valence-electron chi connectivity index (χ3n) is 2.82. The summed E-state index contributed by atoms with van der Waals surface area (Å²) in [6, 6.07) is 5.81. The van der Waals surface area contributed by atoms with Crippen LogP contribution in [0.3, 0.4) is 0 Å². The van der Waals surface area contributed by atoms with Crippen LogP contribution in [0.4, 0.5) is 5.69 Å². The van der Waals surface area contributed by atoms with Gasteiger partial charge in [-0.1, -0.05) is 15.9 Å². The van der Waals surface area contributed by atoms with Crippen molar-refractivity contribution in [1.82, 2.24) is 10.2 Å². The van der Waals surface area contributed by atoms with Crippen molar-refractivity contribution in [1.29, 1.82) is 0 Å². The number of rotatable bonds is 7. The van der Waals surface area contributed by atoms with Crippen LogP contribution in [0.1, 0.15) is 12.0 Å². The van der Waals surface area contributed by atoms with Crippen molar-refractivity contribution in [3.63, 3.8) is 0 Å². The first-order valence-electron chi connectivity index (χ1n) is 6.42. The van der Waals surface area contributed by atoms with Gasteiger partial charge in [-0.2, -0.15) is 0 Å². The molecule has 19 heavy (non-hydrogen) atoms. The standard InChI is InChI=1S/C14H22BrN3O/c1-11-9-12(5-6-13(11)15)17-14(19)10-18(3)8-4-7-16-2/h5-6,9,16H,4,7-8,10H2,1-3H3,(H,17,19). The fourth-order valence-electron chi connectivity index (χ4n) is 1.77. The van der Waals surface area contributed by atoms with E-state index < -0.39 is 0 Å². The number of nitrogens with one attached hydrogen (secondary N) is 2. The number of hydrogen-bond donors (Lipinski definition) is 2. The molecule has 106 valence electrons. The summed E-state index contributed by atoms with van der Waals surface area (Å²) in [5.41, 5.74) is 1.95. The minimum atomic E-state index is 0.0219. The van der Waals surface area contributed by atoms with Crippen LogP contribution in [-0.4, -0.2) is 44.5 Å². The Bertz CT molecular complexity index is 423. The lowest BCUT2D eigenvalue weighted by Gasteiger charge is -2.16. The Hall–Kier alpha value is -0.910. The minimum Gasteiger partial charge on any atom is -0.325 e. The predicted octanol–water partition coefficient (Wildman–Crippen LogP) is 2.24. The highest BCUT2D eigenvalue weighted by Gasteiger charge is 2.07. The number of amides is 1. The summed E-state index contributed by atoms with van der Waals surface area (Å²) in [5, 5.41) is 6.01. The summed E-state index contributed by atoms with van der Waals surface area (Å²) < 4.78 is 1.05. The summed E-state index contributed by atoms with van der Waals surface area (Å²) in [6.07, 6.45) is 1.04. The van der Waals surface area contributed by atoms with Crippen molar-refractivity contribution in [2.45, 2.75) is 13.3 Å². The van der Waals surface area contributed by atoms with Crippen LogP contribution in [0.25, 0.3) is 0 Å². The Kier molecular flexibility index (Phi) is 7.05. The second kappa shape index (κ2) is 8.30. The van der Waals surface area contributed by atoms with Gasteiger partial charge in [0.05, 0.1) is 6.54 Å². The molecule has 0 spiro atoms. The van der Waals surface area contributed by atoms with Gasteiger partial charge in [0.15, 0.2) is 0 Å². The summed E-state index contributed by atoms with van der Waals surface area (Å²) in [7, 11) is 3.89. The van der Waals surface area contributed by atoms with Crippen molar-refractivity contribution in [2.24, 2.45) is 0 Å². The van der Waals surface area contributed by atoms with Crippen LogP contribution in [0.15, 0.2) is 22.7 Å². The van der Waals surface area contributed by atoms with Gasteiger partial charge in [0.2, 0.25) is 5.91 Å². The summed E-state index contributed by atoms with van der Waals surface area (Å²) in [5.74, 6) is 0.0219. The van der Waals surface area contributed by atoms with Crippen LogP contribution >= 0.6 is 15.9 Å². The van der Waals surface area contributed by atoms with Gasteiger partial charge < -0.3 is 10.6 Å². The Balaban J connectivity index is 2.39. The largest absolute Gasteiger partial charge is 0.325 e. The van der Waals surface area contributed by atoms with Crippen LogP contribution in [0, 0.1) is 6.92 Å². The highest BCUT2D eigenvalue weighted by molar-refractivity contribution is 9.10. The minimum absolute atomic E-state index is 0.0219. The number of carbonyl (C=O) groups excluding carboxylic acids is 1. The maximum atomic E-state index is 11.9. The second-order valence-corrected chi connectivity index (χ2v) is 5.56. The first kappa shape index (κ1) is 16.1. The van der Waals surface area contributed by atoms with E-state index in [2.05, 4.69) is 26.6 Å². The zero-order valence-corrected chi connectivity index (χ0v) is 13.4. The van der Waals surface area contributed by atoms with Gasteiger partial charge in [-0.25, -0.2) is 0 Å². The molecule has 1 aromatic rings. The molecule has 0 atom stereocenters.